The highest BCUT2D eigenvalue weighted by molar-refractivity contribution is 6.32. The van der Waals surface area contributed by atoms with Crippen LogP contribution in [0, 0.1) is 0 Å². The number of rotatable bonds is 4. The van der Waals surface area contributed by atoms with Gasteiger partial charge in [-0.1, -0.05) is 30.3 Å². The molecular weight excluding hydrogens is 323 g/mol. The first-order valence-electron chi connectivity index (χ1n) is 8.87. The number of carbonyl (C=O) groups is 1. The predicted molar refractivity (Wildman–Crippen MR) is 110 cm³/mol. The van der Waals surface area contributed by atoms with E-state index in [1.807, 2.05) is 24.3 Å². The fourth-order valence-corrected chi connectivity index (χ4v) is 3.48. The van der Waals surface area contributed by atoms with Crippen LogP contribution in [0.25, 0.3) is 0 Å². The van der Waals surface area contributed by atoms with E-state index in [1.165, 1.54) is 0 Å². The molecule has 0 spiro atoms. The number of methoxy groups -OCH3 is 1. The Morgan fingerprint density at radius 1 is 1.00 bits per heavy atom. The van der Waals surface area contributed by atoms with E-state index in [9.17, 15) is 4.79 Å². The van der Waals surface area contributed by atoms with Crippen molar-refractivity contribution >= 4 is 19.1 Å². The topological polar surface area (TPSA) is 29.5 Å². The lowest BCUT2D eigenvalue weighted by atomic mass is 9.97. The molecule has 0 amide bonds. The highest BCUT2D eigenvalue weighted by Gasteiger charge is 2.39. The van der Waals surface area contributed by atoms with E-state index >= 15 is 0 Å². The molecule has 4 nitrogen and oxygen atoms in total. The van der Waals surface area contributed by atoms with Crippen LogP contribution >= 0.6 is 0 Å². The van der Waals surface area contributed by atoms with Gasteiger partial charge in [-0.25, -0.2) is 5.46 Å². The Bertz CT molecular complexity index is 697. The highest BCUT2D eigenvalue weighted by atomic mass is 16.5. The van der Waals surface area contributed by atoms with Crippen molar-refractivity contribution < 1.29 is 14.0 Å². The van der Waals surface area contributed by atoms with Gasteiger partial charge in [0, 0.05) is 25.2 Å². The minimum absolute atomic E-state index is 0.262. The van der Waals surface area contributed by atoms with E-state index in [0.717, 1.165) is 55.1 Å². The molecule has 2 bridgehead atoms. The van der Waals surface area contributed by atoms with Gasteiger partial charge in [0.1, 0.15) is 12.3 Å². The molecule has 3 aliphatic rings. The Morgan fingerprint density at radius 3 is 2.04 bits per heavy atom. The molecule has 5 rings (SSSR count). The van der Waals surface area contributed by atoms with Crippen LogP contribution in [0.5, 0.6) is 5.75 Å². The summed E-state index contributed by atoms with van der Waals surface area (Å²) >= 11 is 0. The van der Waals surface area contributed by atoms with E-state index in [0.29, 0.717) is 14.4 Å². The zero-order valence-corrected chi connectivity index (χ0v) is 14.9. The van der Waals surface area contributed by atoms with E-state index < -0.39 is 0 Å². The quantitative estimate of drug-likeness (QED) is 0.461. The van der Waals surface area contributed by atoms with Gasteiger partial charge < -0.3 is 9.22 Å². The zero-order chi connectivity index (χ0) is 18.4. The van der Waals surface area contributed by atoms with Gasteiger partial charge in [-0.15, -0.1) is 0 Å². The first-order valence-corrected chi connectivity index (χ1v) is 8.87. The summed E-state index contributed by atoms with van der Waals surface area (Å²) in [6.45, 7) is 7.48. The first kappa shape index (κ1) is 18.7. The molecule has 3 fully saturated rings. The third kappa shape index (κ3) is 4.74. The monoisotopic (exact) mass is 352 g/mol. The van der Waals surface area contributed by atoms with E-state index in [2.05, 4.69) is 35.2 Å². The number of hydrogen-bond acceptors (Lipinski definition) is 3. The average Bonchev–Trinajstić information content (AvgIpc) is 2.70. The van der Waals surface area contributed by atoms with Gasteiger partial charge in [-0.3, -0.25) is 9.69 Å². The van der Waals surface area contributed by atoms with Gasteiger partial charge in [-0.2, -0.15) is 0 Å². The van der Waals surface area contributed by atoms with Crippen LogP contribution in [0.4, 0.5) is 0 Å². The van der Waals surface area contributed by atoms with Crippen molar-refractivity contribution in [3.05, 3.63) is 60.2 Å². The number of hydrogen-bond donors (Lipinski definition) is 0. The lowest BCUT2D eigenvalue weighted by molar-refractivity contribution is -0.933. The molecule has 26 heavy (non-hydrogen) atoms. The molecule has 0 aromatic heterocycles. The Morgan fingerprint density at radius 2 is 1.58 bits per heavy atom. The summed E-state index contributed by atoms with van der Waals surface area (Å²) in [5.41, 5.74) is 2.38. The molecular formula is C21H29BN2O2. The van der Waals surface area contributed by atoms with Gasteiger partial charge in [0.2, 0.25) is 5.78 Å². The Kier molecular flexibility index (Phi) is 6.12. The number of fused-ring (bicyclic) bond motifs is 3. The third-order valence-electron chi connectivity index (χ3n) is 5.17. The number of ether oxygens (including phenoxy) is 1. The lowest BCUT2D eigenvalue weighted by Crippen LogP contribution is -2.68. The SMILES string of the molecule is COc1ccc(C(=O)C[N+]23CCN(CC2)CC3)cc1.[BH3-]c1ccccc1. The van der Waals surface area contributed by atoms with Gasteiger partial charge in [0.05, 0.1) is 26.7 Å². The van der Waals surface area contributed by atoms with Crippen LogP contribution in [-0.4, -0.2) is 75.9 Å². The maximum Gasteiger partial charge on any atom is 0.216 e. The number of quaternary nitrogens is 1. The highest BCUT2D eigenvalue weighted by Crippen LogP contribution is 2.21. The normalized spacial score (nSPS) is 23.7. The Balaban J connectivity index is 0.000000236. The number of piperazine rings is 3. The summed E-state index contributed by atoms with van der Waals surface area (Å²) in [6, 6.07) is 18.1. The summed E-state index contributed by atoms with van der Waals surface area (Å²) in [4.78, 5) is 14.9. The number of benzene rings is 2. The third-order valence-corrected chi connectivity index (χ3v) is 5.17. The summed E-state index contributed by atoms with van der Waals surface area (Å²) < 4.78 is 6.11. The van der Waals surface area contributed by atoms with Gasteiger partial charge >= 0.3 is 0 Å². The molecule has 2 aromatic rings. The van der Waals surface area contributed by atoms with Crippen LogP contribution in [0.1, 0.15) is 10.4 Å². The second kappa shape index (κ2) is 8.52. The van der Waals surface area contributed by atoms with Gasteiger partial charge in [0.15, 0.2) is 0 Å². The predicted octanol–water partition coefficient (Wildman–Crippen LogP) is 0.701. The molecule has 2 aromatic carbocycles. The van der Waals surface area contributed by atoms with Crippen molar-refractivity contribution in [2.45, 2.75) is 0 Å². The smallest absolute Gasteiger partial charge is 0.216 e. The molecule has 5 heteroatoms. The van der Waals surface area contributed by atoms with E-state index in [-0.39, 0.29) is 5.78 Å². The van der Waals surface area contributed by atoms with Crippen molar-refractivity contribution in [1.82, 2.24) is 4.90 Å². The molecule has 138 valence electrons. The van der Waals surface area contributed by atoms with E-state index in [1.54, 1.807) is 12.6 Å². The summed E-state index contributed by atoms with van der Waals surface area (Å²) in [7, 11) is 2.09. The van der Waals surface area contributed by atoms with Crippen molar-refractivity contribution in [3.8, 4) is 5.75 Å². The van der Waals surface area contributed by atoms with Crippen LogP contribution < -0.4 is 10.2 Å². The number of nitrogens with zero attached hydrogens (tertiary/aromatic N) is 2. The summed E-state index contributed by atoms with van der Waals surface area (Å²) in [5, 5.41) is 0. The van der Waals surface area contributed by atoms with Crippen LogP contribution in [-0.2, 0) is 0 Å². The lowest BCUT2D eigenvalue weighted by Gasteiger charge is -2.50. The molecule has 0 unspecified atom stereocenters. The van der Waals surface area contributed by atoms with Gasteiger partial charge in [0.25, 0.3) is 0 Å². The number of carbonyl (C=O) groups excluding carboxylic acids is 1. The summed E-state index contributed by atoms with van der Waals surface area (Å²) in [5.74, 6) is 1.06. The van der Waals surface area contributed by atoms with Crippen molar-refractivity contribution in [2.24, 2.45) is 0 Å². The van der Waals surface area contributed by atoms with Crippen molar-refractivity contribution in [2.75, 3.05) is 52.9 Å². The molecule has 0 radical (unpaired) electrons. The molecule has 3 heterocycles. The van der Waals surface area contributed by atoms with Crippen molar-refractivity contribution in [3.63, 3.8) is 0 Å². The average molecular weight is 352 g/mol. The molecule has 0 N–H and O–H groups in total. The maximum absolute atomic E-state index is 12.4. The zero-order valence-electron chi connectivity index (χ0n) is 14.9. The second-order valence-corrected chi connectivity index (χ2v) is 6.74. The van der Waals surface area contributed by atoms with Crippen LogP contribution in [0.3, 0.4) is 0 Å². The molecule has 0 atom stereocenters. The Hall–Kier alpha value is -2.11. The van der Waals surface area contributed by atoms with Gasteiger partial charge in [-0.05, 0) is 32.1 Å². The number of Topliss-reactive ketones (excluding diaryl/α,β-unsaturated/α-hetero) is 1. The second-order valence-electron chi connectivity index (χ2n) is 6.74. The standard InChI is InChI=1S/C15H21N2O2.C6H8B/c1-19-14-4-2-13(3-5-14)15(18)12-17-9-6-16(7-10-17)8-11-17;7-6-4-2-1-3-5-6/h2-5H,6-12H2,1H3;1-5H,7H3/q+1;-1. The number of ketones is 1. The minimum atomic E-state index is 0.262. The van der Waals surface area contributed by atoms with Crippen molar-refractivity contribution in [1.29, 1.82) is 0 Å². The largest absolute Gasteiger partial charge is 0.497 e. The minimum Gasteiger partial charge on any atom is -0.497 e. The Labute approximate surface area is 157 Å². The fourth-order valence-electron chi connectivity index (χ4n) is 3.48. The van der Waals surface area contributed by atoms with Crippen LogP contribution in [0.2, 0.25) is 0 Å². The fraction of sp³-hybridized carbons (Fsp3) is 0.381. The molecule has 3 saturated heterocycles. The van der Waals surface area contributed by atoms with E-state index in [4.69, 9.17) is 4.74 Å². The first-order chi connectivity index (χ1) is 12.6. The maximum atomic E-state index is 12.4. The van der Waals surface area contributed by atoms with Crippen LogP contribution in [0.15, 0.2) is 54.6 Å². The molecule has 3 aliphatic heterocycles. The molecule has 0 saturated carbocycles. The summed E-state index contributed by atoms with van der Waals surface area (Å²) in [6.07, 6.45) is 0. The molecule has 0 aliphatic carbocycles.